The van der Waals surface area contributed by atoms with E-state index in [-0.39, 0.29) is 0 Å². The SMILES string of the molecule is Cc1ccc2c(c1)CCc1c-2sc2c1sc1c3c(sc12)-c1ccc(C)cc1CC3. The molecule has 0 N–H and O–H groups in total. The molecule has 3 aromatic heterocycles. The molecule has 7 rings (SSSR count). The van der Waals surface area contributed by atoms with E-state index in [9.17, 15) is 0 Å². The van der Waals surface area contributed by atoms with E-state index < -0.39 is 0 Å². The van der Waals surface area contributed by atoms with Crippen LogP contribution in [0.2, 0.25) is 0 Å². The van der Waals surface area contributed by atoms with Crippen LogP contribution in [0.25, 0.3) is 39.7 Å². The van der Waals surface area contributed by atoms with Crippen molar-refractivity contribution in [3.63, 3.8) is 0 Å². The van der Waals surface area contributed by atoms with Gasteiger partial charge in [0.05, 0.1) is 18.8 Å². The molecule has 0 saturated heterocycles. The monoisotopic (exact) mass is 428 g/mol. The van der Waals surface area contributed by atoms with Gasteiger partial charge in [0, 0.05) is 9.75 Å². The summed E-state index contributed by atoms with van der Waals surface area (Å²) in [4.78, 5) is 3.08. The van der Waals surface area contributed by atoms with Crippen LogP contribution in [0.1, 0.15) is 33.4 Å². The summed E-state index contributed by atoms with van der Waals surface area (Å²) in [7, 11) is 0. The second-order valence-corrected chi connectivity index (χ2v) is 11.6. The highest BCUT2D eigenvalue weighted by molar-refractivity contribution is 7.40. The third kappa shape index (κ3) is 2.24. The van der Waals surface area contributed by atoms with Crippen LogP contribution >= 0.6 is 34.0 Å². The van der Waals surface area contributed by atoms with Gasteiger partial charge < -0.3 is 0 Å². The Kier molecular flexibility index (Phi) is 3.37. The zero-order valence-corrected chi connectivity index (χ0v) is 19.0. The van der Waals surface area contributed by atoms with Crippen molar-refractivity contribution < 1.29 is 0 Å². The highest BCUT2D eigenvalue weighted by Gasteiger charge is 2.28. The molecular weight excluding hydrogens is 408 g/mol. The Balaban J connectivity index is 1.49. The Morgan fingerprint density at radius 1 is 0.552 bits per heavy atom. The quantitative estimate of drug-likeness (QED) is 0.232. The molecule has 0 radical (unpaired) electrons. The van der Waals surface area contributed by atoms with Gasteiger partial charge >= 0.3 is 0 Å². The highest BCUT2D eigenvalue weighted by atomic mass is 32.1. The topological polar surface area (TPSA) is 0 Å². The maximum atomic E-state index is 2.39. The van der Waals surface area contributed by atoms with Gasteiger partial charge in [-0.25, -0.2) is 0 Å². The Morgan fingerprint density at radius 3 is 1.52 bits per heavy atom. The predicted molar refractivity (Wildman–Crippen MR) is 130 cm³/mol. The van der Waals surface area contributed by atoms with Gasteiger partial charge in [-0.2, -0.15) is 0 Å². The van der Waals surface area contributed by atoms with Crippen molar-refractivity contribution in [3.8, 4) is 20.9 Å². The third-order valence-electron chi connectivity index (χ3n) is 6.63. The highest BCUT2D eigenvalue weighted by Crippen LogP contribution is 2.55. The molecule has 0 fully saturated rings. The molecule has 0 unspecified atom stereocenters. The maximum absolute atomic E-state index is 2.39. The Hall–Kier alpha value is -1.94. The molecule has 2 aliphatic rings. The van der Waals surface area contributed by atoms with E-state index in [1.54, 1.807) is 29.9 Å². The summed E-state index contributed by atoms with van der Waals surface area (Å²) >= 11 is 6.19. The fraction of sp³-hybridized carbons (Fsp3) is 0.231. The molecule has 3 heterocycles. The molecule has 0 spiro atoms. The number of rotatable bonds is 0. The Bertz CT molecular complexity index is 1360. The van der Waals surface area contributed by atoms with E-state index in [1.165, 1.54) is 68.8 Å². The van der Waals surface area contributed by atoms with Gasteiger partial charge in [0.2, 0.25) is 0 Å². The zero-order chi connectivity index (χ0) is 19.3. The van der Waals surface area contributed by atoms with E-state index in [0.29, 0.717) is 0 Å². The van der Waals surface area contributed by atoms with Crippen LogP contribution in [0.4, 0.5) is 0 Å². The molecule has 0 saturated carbocycles. The number of thiophene rings is 3. The summed E-state index contributed by atoms with van der Waals surface area (Å²) in [6.45, 7) is 4.42. The minimum atomic E-state index is 1.19. The summed E-state index contributed by atoms with van der Waals surface area (Å²) in [5.74, 6) is 0. The van der Waals surface area contributed by atoms with Gasteiger partial charge in [-0.05, 0) is 72.9 Å². The molecule has 3 heteroatoms. The number of hydrogen-bond acceptors (Lipinski definition) is 3. The molecule has 0 amide bonds. The van der Waals surface area contributed by atoms with Crippen molar-refractivity contribution >= 4 is 52.8 Å². The summed E-state index contributed by atoms with van der Waals surface area (Å²) < 4.78 is 6.26. The fourth-order valence-electron chi connectivity index (χ4n) is 5.23. The molecule has 0 nitrogen and oxygen atoms in total. The molecular formula is C26H20S3. The molecule has 2 aromatic carbocycles. The Morgan fingerprint density at radius 2 is 1.03 bits per heavy atom. The molecule has 142 valence electrons. The van der Waals surface area contributed by atoms with Crippen LogP contribution < -0.4 is 0 Å². The van der Waals surface area contributed by atoms with Crippen LogP contribution in [-0.4, -0.2) is 0 Å². The van der Waals surface area contributed by atoms with E-state index in [0.717, 1.165) is 0 Å². The lowest BCUT2D eigenvalue weighted by atomic mass is 9.90. The van der Waals surface area contributed by atoms with E-state index in [4.69, 9.17) is 0 Å². The van der Waals surface area contributed by atoms with Crippen molar-refractivity contribution in [2.45, 2.75) is 39.5 Å². The molecule has 0 atom stereocenters. The minimum Gasteiger partial charge on any atom is -0.133 e. The lowest BCUT2D eigenvalue weighted by Crippen LogP contribution is -2.01. The number of benzene rings is 2. The minimum absolute atomic E-state index is 1.19. The first-order valence-corrected chi connectivity index (χ1v) is 12.8. The second kappa shape index (κ2) is 5.81. The van der Waals surface area contributed by atoms with Crippen LogP contribution in [0.15, 0.2) is 36.4 Å². The average Bonchev–Trinajstić information content (AvgIpc) is 3.35. The molecule has 0 aliphatic heterocycles. The van der Waals surface area contributed by atoms with Crippen LogP contribution in [0.5, 0.6) is 0 Å². The van der Waals surface area contributed by atoms with Gasteiger partial charge in [0.25, 0.3) is 0 Å². The number of hydrogen-bond donors (Lipinski definition) is 0. The van der Waals surface area contributed by atoms with Gasteiger partial charge in [0.1, 0.15) is 0 Å². The Labute approximate surface area is 182 Å². The van der Waals surface area contributed by atoms with Crippen molar-refractivity contribution in [1.82, 2.24) is 0 Å². The van der Waals surface area contributed by atoms with Gasteiger partial charge in [-0.3, -0.25) is 0 Å². The largest absolute Gasteiger partial charge is 0.133 e. The average molecular weight is 429 g/mol. The van der Waals surface area contributed by atoms with Gasteiger partial charge in [-0.15, -0.1) is 34.0 Å². The van der Waals surface area contributed by atoms with Gasteiger partial charge in [-0.1, -0.05) is 47.5 Å². The number of fused-ring (bicyclic) bond motifs is 11. The molecule has 5 aromatic rings. The first-order valence-electron chi connectivity index (χ1n) is 10.4. The molecule has 2 aliphatic carbocycles. The summed E-state index contributed by atoms with van der Waals surface area (Å²) in [6, 6.07) is 14.1. The van der Waals surface area contributed by atoms with E-state index >= 15 is 0 Å². The standard InChI is InChI=1S/C26H20S3/c1-13-3-7-17-15(11-13)5-9-19-21(17)27-25-23(19)29-24-20-10-6-16-12-14(2)4-8-18(16)22(20)28-26(24)25/h3-4,7-8,11-12H,5-6,9-10H2,1-2H3. The third-order valence-corrected chi connectivity index (χ3v) is 10.9. The first kappa shape index (κ1) is 16.8. The van der Waals surface area contributed by atoms with Gasteiger partial charge in [0.15, 0.2) is 0 Å². The lowest BCUT2D eigenvalue weighted by molar-refractivity contribution is 0.956. The summed E-state index contributed by atoms with van der Waals surface area (Å²) in [5.41, 5.74) is 12.1. The summed E-state index contributed by atoms with van der Waals surface area (Å²) in [6.07, 6.45) is 4.77. The van der Waals surface area contributed by atoms with Crippen molar-refractivity contribution in [2.75, 3.05) is 0 Å². The molecule has 29 heavy (non-hydrogen) atoms. The van der Waals surface area contributed by atoms with E-state index in [1.807, 2.05) is 0 Å². The van der Waals surface area contributed by atoms with Crippen LogP contribution in [0.3, 0.4) is 0 Å². The van der Waals surface area contributed by atoms with Crippen LogP contribution in [-0.2, 0) is 25.7 Å². The number of aryl methyl sites for hydroxylation is 6. The first-order chi connectivity index (χ1) is 14.2. The lowest BCUT2D eigenvalue weighted by Gasteiger charge is -2.17. The smallest absolute Gasteiger partial charge is 0.0639 e. The zero-order valence-electron chi connectivity index (χ0n) is 16.5. The maximum Gasteiger partial charge on any atom is 0.0639 e. The van der Waals surface area contributed by atoms with Crippen molar-refractivity contribution in [2.24, 2.45) is 0 Å². The summed E-state index contributed by atoms with van der Waals surface area (Å²) in [5, 5.41) is 0. The fourth-order valence-corrected chi connectivity index (χ4v) is 9.99. The van der Waals surface area contributed by atoms with Crippen molar-refractivity contribution in [3.05, 3.63) is 69.8 Å². The van der Waals surface area contributed by atoms with E-state index in [2.05, 4.69) is 84.3 Å². The van der Waals surface area contributed by atoms with Crippen LogP contribution in [0, 0.1) is 13.8 Å². The normalized spacial score (nSPS) is 14.7. The predicted octanol–water partition coefficient (Wildman–Crippen LogP) is 8.33. The molecule has 0 bridgehead atoms. The van der Waals surface area contributed by atoms with Crippen molar-refractivity contribution in [1.29, 1.82) is 0 Å². The second-order valence-electron chi connectivity index (χ2n) is 8.56.